The molecule has 22 heavy (non-hydrogen) atoms. The molecule has 9 heteroatoms. The van der Waals surface area contributed by atoms with E-state index in [4.69, 9.17) is 0 Å². The molecule has 0 radical (unpaired) electrons. The highest BCUT2D eigenvalue weighted by Crippen LogP contribution is 2.20. The van der Waals surface area contributed by atoms with Crippen molar-refractivity contribution in [1.82, 2.24) is 15.1 Å². The van der Waals surface area contributed by atoms with Crippen molar-refractivity contribution in [2.45, 2.75) is 37.7 Å². The normalized spacial score (nSPS) is 23.2. The van der Waals surface area contributed by atoms with Gasteiger partial charge in [0.1, 0.15) is 0 Å². The van der Waals surface area contributed by atoms with Crippen LogP contribution in [0, 0.1) is 0 Å². The number of carbonyl (C=O) groups is 1. The zero-order valence-corrected chi connectivity index (χ0v) is 14.0. The summed E-state index contributed by atoms with van der Waals surface area (Å²) in [5.41, 5.74) is 0. The quantitative estimate of drug-likeness (QED) is 0.821. The molecule has 1 saturated heterocycles. The van der Waals surface area contributed by atoms with E-state index in [0.717, 1.165) is 0 Å². The Kier molecular flexibility index (Phi) is 7.11. The fourth-order valence-electron chi connectivity index (χ4n) is 2.31. The summed E-state index contributed by atoms with van der Waals surface area (Å²) < 4.78 is 48.5. The molecule has 0 unspecified atom stereocenters. The molecule has 3 atom stereocenters. The average molecular weight is 343 g/mol. The van der Waals surface area contributed by atoms with Gasteiger partial charge in [0.2, 0.25) is 0 Å². The molecule has 0 aromatic rings. The highest BCUT2D eigenvalue weighted by Gasteiger charge is 2.35. The van der Waals surface area contributed by atoms with Crippen molar-refractivity contribution >= 4 is 16.8 Å². The first-order valence-corrected chi connectivity index (χ1v) is 8.88. The number of amides is 2. The summed E-state index contributed by atoms with van der Waals surface area (Å²) >= 11 is 0. The molecule has 0 bridgehead atoms. The number of alkyl halides is 3. The molecule has 5 nitrogen and oxygen atoms in total. The molecule has 0 aliphatic carbocycles. The predicted molar refractivity (Wildman–Crippen MR) is 80.2 cm³/mol. The Morgan fingerprint density at radius 3 is 2.55 bits per heavy atom. The minimum atomic E-state index is -4.22. The zero-order chi connectivity index (χ0) is 16.9. The van der Waals surface area contributed by atoms with Gasteiger partial charge >= 0.3 is 12.2 Å². The molecule has 2 amide bonds. The molecule has 0 aromatic carbocycles. The van der Waals surface area contributed by atoms with Crippen molar-refractivity contribution in [3.05, 3.63) is 0 Å². The standard InChI is InChI=1S/C13H24F3N3O2S/c1-10-8-18(6-7-19(10)9-13(14,15)16)12(20)17-5-4-11(2)22(3)21/h10-11H,4-9H2,1-3H3,(H,17,20)/t10-,11-,22-/m1/s1. The number of halogens is 3. The summed E-state index contributed by atoms with van der Waals surface area (Å²) in [6.07, 6.45) is -1.99. The molecule has 1 N–H and O–H groups in total. The number of carbonyl (C=O) groups excluding carboxylic acids is 1. The lowest BCUT2D eigenvalue weighted by Crippen LogP contribution is -2.57. The van der Waals surface area contributed by atoms with Crippen molar-refractivity contribution < 1.29 is 22.2 Å². The van der Waals surface area contributed by atoms with Crippen LogP contribution in [0.1, 0.15) is 20.3 Å². The number of rotatable bonds is 5. The van der Waals surface area contributed by atoms with E-state index in [2.05, 4.69) is 5.32 Å². The number of nitrogens with zero attached hydrogens (tertiary/aromatic N) is 2. The largest absolute Gasteiger partial charge is 0.401 e. The molecule has 1 aliphatic rings. The van der Waals surface area contributed by atoms with Crippen LogP contribution >= 0.6 is 0 Å². The van der Waals surface area contributed by atoms with Crippen molar-refractivity contribution in [3.8, 4) is 0 Å². The molecule has 0 saturated carbocycles. The molecule has 1 heterocycles. The van der Waals surface area contributed by atoms with Gasteiger partial charge in [-0.1, -0.05) is 6.92 Å². The van der Waals surface area contributed by atoms with Crippen LogP contribution in [0.15, 0.2) is 0 Å². The van der Waals surface area contributed by atoms with Gasteiger partial charge in [-0.25, -0.2) is 4.79 Å². The topological polar surface area (TPSA) is 52.7 Å². The fourth-order valence-corrected chi connectivity index (χ4v) is 2.75. The summed E-state index contributed by atoms with van der Waals surface area (Å²) in [5.74, 6) is 0. The van der Waals surface area contributed by atoms with Crippen LogP contribution < -0.4 is 5.32 Å². The summed E-state index contributed by atoms with van der Waals surface area (Å²) in [7, 11) is -0.928. The van der Waals surface area contributed by atoms with Crippen LogP contribution in [0.2, 0.25) is 0 Å². The Bertz CT molecular complexity index is 406. The van der Waals surface area contributed by atoms with Gasteiger partial charge < -0.3 is 10.2 Å². The van der Waals surface area contributed by atoms with E-state index in [1.54, 1.807) is 13.2 Å². The summed E-state index contributed by atoms with van der Waals surface area (Å²) in [4.78, 5) is 14.9. The summed E-state index contributed by atoms with van der Waals surface area (Å²) in [6, 6.07) is -0.601. The van der Waals surface area contributed by atoms with Gasteiger partial charge in [0, 0.05) is 54.5 Å². The first kappa shape index (κ1) is 19.2. The maximum atomic E-state index is 12.4. The van der Waals surface area contributed by atoms with Gasteiger partial charge in [0.05, 0.1) is 6.54 Å². The molecule has 1 rings (SSSR count). The van der Waals surface area contributed by atoms with Gasteiger partial charge in [-0.2, -0.15) is 13.2 Å². The number of hydrogen-bond donors (Lipinski definition) is 1. The van der Waals surface area contributed by atoms with E-state index in [-0.39, 0.29) is 37.0 Å². The van der Waals surface area contributed by atoms with Crippen LogP contribution in [0.5, 0.6) is 0 Å². The maximum absolute atomic E-state index is 12.4. The Labute approximate surface area is 131 Å². The molecule has 0 spiro atoms. The lowest BCUT2D eigenvalue weighted by Gasteiger charge is -2.40. The van der Waals surface area contributed by atoms with Crippen molar-refractivity contribution in [3.63, 3.8) is 0 Å². The lowest BCUT2D eigenvalue weighted by molar-refractivity contribution is -0.153. The van der Waals surface area contributed by atoms with Gasteiger partial charge in [-0.3, -0.25) is 9.11 Å². The molecule has 1 fully saturated rings. The zero-order valence-electron chi connectivity index (χ0n) is 13.2. The van der Waals surface area contributed by atoms with Gasteiger partial charge in [-0.15, -0.1) is 0 Å². The first-order chi connectivity index (χ1) is 10.1. The van der Waals surface area contributed by atoms with E-state index in [0.29, 0.717) is 13.0 Å². The predicted octanol–water partition coefficient (Wildman–Crippen LogP) is 1.42. The Morgan fingerprint density at radius 2 is 2.05 bits per heavy atom. The summed E-state index contributed by atoms with van der Waals surface area (Å²) in [6.45, 7) is 3.77. The van der Waals surface area contributed by atoms with E-state index in [9.17, 15) is 22.2 Å². The third kappa shape index (κ3) is 6.51. The molecule has 1 aliphatic heterocycles. The van der Waals surface area contributed by atoms with E-state index < -0.39 is 23.5 Å². The average Bonchev–Trinajstić information content (AvgIpc) is 2.39. The monoisotopic (exact) mass is 343 g/mol. The number of piperazine rings is 1. The Balaban J connectivity index is 2.36. The van der Waals surface area contributed by atoms with Crippen LogP contribution in [0.3, 0.4) is 0 Å². The van der Waals surface area contributed by atoms with Crippen LogP contribution in [-0.2, 0) is 10.8 Å². The van der Waals surface area contributed by atoms with Crippen molar-refractivity contribution in [2.75, 3.05) is 39.0 Å². The molecule has 0 aromatic heterocycles. The second kappa shape index (κ2) is 8.14. The SMILES string of the molecule is C[C@@H]1CN(C(=O)NCC[C@@H](C)[S@@](C)=O)CCN1CC(F)(F)F. The van der Waals surface area contributed by atoms with Crippen molar-refractivity contribution in [2.24, 2.45) is 0 Å². The van der Waals surface area contributed by atoms with Crippen LogP contribution in [0.4, 0.5) is 18.0 Å². The Morgan fingerprint density at radius 1 is 1.41 bits per heavy atom. The molecular weight excluding hydrogens is 319 g/mol. The highest BCUT2D eigenvalue weighted by molar-refractivity contribution is 7.84. The van der Waals surface area contributed by atoms with E-state index in [1.165, 1.54) is 9.80 Å². The number of nitrogens with one attached hydrogen (secondary N) is 1. The maximum Gasteiger partial charge on any atom is 0.401 e. The highest BCUT2D eigenvalue weighted by atomic mass is 32.2. The van der Waals surface area contributed by atoms with Crippen LogP contribution in [0.25, 0.3) is 0 Å². The lowest BCUT2D eigenvalue weighted by atomic mass is 10.2. The van der Waals surface area contributed by atoms with Gasteiger partial charge in [0.15, 0.2) is 0 Å². The van der Waals surface area contributed by atoms with E-state index in [1.807, 2.05) is 6.92 Å². The minimum Gasteiger partial charge on any atom is -0.338 e. The van der Waals surface area contributed by atoms with Gasteiger partial charge in [0.25, 0.3) is 0 Å². The number of urea groups is 1. The minimum absolute atomic E-state index is 0.00264. The number of hydrogen-bond acceptors (Lipinski definition) is 3. The molecular formula is C13H24F3N3O2S. The van der Waals surface area contributed by atoms with Gasteiger partial charge in [-0.05, 0) is 13.3 Å². The van der Waals surface area contributed by atoms with E-state index >= 15 is 0 Å². The second-order valence-corrected chi connectivity index (χ2v) is 7.51. The Hall–Kier alpha value is -0.830. The third-order valence-corrected chi connectivity index (χ3v) is 5.20. The van der Waals surface area contributed by atoms with Crippen molar-refractivity contribution in [1.29, 1.82) is 0 Å². The van der Waals surface area contributed by atoms with Crippen LogP contribution in [-0.4, -0.2) is 76.5 Å². The second-order valence-electron chi connectivity index (χ2n) is 5.71. The third-order valence-electron chi connectivity index (χ3n) is 3.83. The molecule has 130 valence electrons. The summed E-state index contributed by atoms with van der Waals surface area (Å²) in [5, 5.41) is 2.74. The first-order valence-electron chi connectivity index (χ1n) is 7.26. The fraction of sp³-hybridized carbons (Fsp3) is 0.923. The smallest absolute Gasteiger partial charge is 0.338 e.